The fraction of sp³-hybridized carbons (Fsp3) is 0.455. The number of nitrogens with two attached hydrogens (primary N) is 1. The number of thioether (sulfide) groups is 1. The van der Waals surface area contributed by atoms with Crippen molar-refractivity contribution in [3.05, 3.63) is 34.4 Å². The van der Waals surface area contributed by atoms with Crippen molar-refractivity contribution < 1.29 is 0 Å². The first-order chi connectivity index (χ1) is 6.20. The zero-order valence-corrected chi connectivity index (χ0v) is 8.95. The van der Waals surface area contributed by atoms with E-state index < -0.39 is 0 Å². The highest BCUT2D eigenvalue weighted by Crippen LogP contribution is 2.34. The van der Waals surface area contributed by atoms with Crippen molar-refractivity contribution in [3.8, 4) is 0 Å². The highest BCUT2D eigenvalue weighted by atomic mass is 32.2. The average Bonchev–Trinajstić information content (AvgIpc) is 2.12. The van der Waals surface area contributed by atoms with Gasteiger partial charge in [-0.05, 0) is 36.1 Å². The maximum Gasteiger partial charge on any atom is 0.0392 e. The number of rotatable bonds is 0. The van der Waals surface area contributed by atoms with Gasteiger partial charge in [0.15, 0.2) is 0 Å². The molecule has 0 fully saturated rings. The van der Waals surface area contributed by atoms with Crippen LogP contribution in [0, 0.1) is 13.8 Å². The Hall–Kier alpha value is -0.470. The Morgan fingerprint density at radius 3 is 2.69 bits per heavy atom. The van der Waals surface area contributed by atoms with Gasteiger partial charge in [0, 0.05) is 17.5 Å². The molecule has 0 radical (unpaired) electrons. The normalized spacial score (nSPS) is 21.3. The topological polar surface area (TPSA) is 26.0 Å². The second-order valence-corrected chi connectivity index (χ2v) is 4.74. The molecule has 0 saturated carbocycles. The second kappa shape index (κ2) is 3.35. The van der Waals surface area contributed by atoms with E-state index in [0.29, 0.717) is 0 Å². The van der Waals surface area contributed by atoms with Crippen LogP contribution >= 0.6 is 11.8 Å². The van der Waals surface area contributed by atoms with Gasteiger partial charge in [-0.15, -0.1) is 0 Å². The largest absolute Gasteiger partial charge is 0.323 e. The lowest BCUT2D eigenvalue weighted by Gasteiger charge is -2.25. The van der Waals surface area contributed by atoms with E-state index in [2.05, 4.69) is 26.0 Å². The SMILES string of the molecule is Cc1ccc(C)c2c1CSCC2N. The van der Waals surface area contributed by atoms with E-state index in [4.69, 9.17) is 5.73 Å². The molecule has 1 nitrogen and oxygen atoms in total. The lowest BCUT2D eigenvalue weighted by molar-refractivity contribution is 0.798. The summed E-state index contributed by atoms with van der Waals surface area (Å²) in [6, 6.07) is 4.63. The van der Waals surface area contributed by atoms with E-state index >= 15 is 0 Å². The molecule has 0 bridgehead atoms. The van der Waals surface area contributed by atoms with Gasteiger partial charge in [-0.2, -0.15) is 11.8 Å². The summed E-state index contributed by atoms with van der Waals surface area (Å²) >= 11 is 1.94. The molecule has 1 unspecified atom stereocenters. The van der Waals surface area contributed by atoms with Crippen molar-refractivity contribution >= 4 is 11.8 Å². The Morgan fingerprint density at radius 2 is 2.00 bits per heavy atom. The van der Waals surface area contributed by atoms with Gasteiger partial charge in [-0.25, -0.2) is 0 Å². The van der Waals surface area contributed by atoms with Crippen LogP contribution in [0.5, 0.6) is 0 Å². The molecule has 2 rings (SSSR count). The van der Waals surface area contributed by atoms with Crippen molar-refractivity contribution in [2.24, 2.45) is 5.73 Å². The quantitative estimate of drug-likeness (QED) is 0.685. The van der Waals surface area contributed by atoms with Crippen LogP contribution in [0.3, 0.4) is 0 Å². The average molecular weight is 193 g/mol. The molecular formula is C11H15NS. The molecule has 13 heavy (non-hydrogen) atoms. The Morgan fingerprint density at radius 1 is 1.31 bits per heavy atom. The molecule has 1 aromatic carbocycles. The van der Waals surface area contributed by atoms with Crippen molar-refractivity contribution in [1.82, 2.24) is 0 Å². The summed E-state index contributed by atoms with van der Waals surface area (Å²) in [5, 5.41) is 0. The van der Waals surface area contributed by atoms with Crippen LogP contribution < -0.4 is 5.73 Å². The van der Waals surface area contributed by atoms with Gasteiger partial charge in [0.25, 0.3) is 0 Å². The molecule has 1 heterocycles. The molecule has 1 aliphatic rings. The summed E-state index contributed by atoms with van der Waals surface area (Å²) in [7, 11) is 0. The molecule has 70 valence electrons. The van der Waals surface area contributed by atoms with Gasteiger partial charge in [-0.1, -0.05) is 12.1 Å². The molecule has 0 saturated heterocycles. The summed E-state index contributed by atoms with van der Waals surface area (Å²) in [5.74, 6) is 2.20. The van der Waals surface area contributed by atoms with Crippen LogP contribution in [0.1, 0.15) is 28.3 Å². The van der Waals surface area contributed by atoms with Gasteiger partial charge in [-0.3, -0.25) is 0 Å². The van der Waals surface area contributed by atoms with Crippen LogP contribution in [-0.2, 0) is 5.75 Å². The van der Waals surface area contributed by atoms with Gasteiger partial charge in [0.2, 0.25) is 0 Å². The van der Waals surface area contributed by atoms with E-state index in [0.717, 1.165) is 11.5 Å². The highest BCUT2D eigenvalue weighted by molar-refractivity contribution is 7.98. The molecule has 1 aromatic rings. The number of fused-ring (bicyclic) bond motifs is 1. The minimum absolute atomic E-state index is 0.244. The van der Waals surface area contributed by atoms with Gasteiger partial charge >= 0.3 is 0 Å². The molecule has 0 aromatic heterocycles. The second-order valence-electron chi connectivity index (χ2n) is 3.71. The summed E-state index contributed by atoms with van der Waals surface area (Å²) in [5.41, 5.74) is 11.7. The third kappa shape index (κ3) is 1.49. The molecule has 1 atom stereocenters. The predicted molar refractivity (Wildman–Crippen MR) is 59.0 cm³/mol. The van der Waals surface area contributed by atoms with E-state index in [1.165, 1.54) is 22.3 Å². The van der Waals surface area contributed by atoms with Crippen LogP contribution in [0.2, 0.25) is 0 Å². The minimum Gasteiger partial charge on any atom is -0.323 e. The van der Waals surface area contributed by atoms with E-state index in [1.54, 1.807) is 0 Å². The van der Waals surface area contributed by atoms with Crippen LogP contribution in [-0.4, -0.2) is 5.75 Å². The minimum atomic E-state index is 0.244. The number of aryl methyl sites for hydroxylation is 2. The standard InChI is InChI=1S/C11H15NS/c1-7-3-4-8(2)11-9(7)5-13-6-10(11)12/h3-4,10H,5-6,12H2,1-2H3. The summed E-state index contributed by atoms with van der Waals surface area (Å²) in [6.07, 6.45) is 0. The Balaban J connectivity index is 2.60. The maximum absolute atomic E-state index is 6.10. The molecule has 0 aliphatic carbocycles. The number of benzene rings is 1. The molecular weight excluding hydrogens is 178 g/mol. The number of hydrogen-bond acceptors (Lipinski definition) is 2. The Bertz CT molecular complexity index is 333. The fourth-order valence-corrected chi connectivity index (χ4v) is 3.10. The fourth-order valence-electron chi connectivity index (χ4n) is 1.97. The first kappa shape index (κ1) is 9.10. The molecule has 1 aliphatic heterocycles. The first-order valence-electron chi connectivity index (χ1n) is 4.62. The third-order valence-electron chi connectivity index (χ3n) is 2.72. The smallest absolute Gasteiger partial charge is 0.0392 e. The van der Waals surface area contributed by atoms with Crippen molar-refractivity contribution in [2.45, 2.75) is 25.6 Å². The van der Waals surface area contributed by atoms with Gasteiger partial charge in [0.1, 0.15) is 0 Å². The third-order valence-corrected chi connectivity index (χ3v) is 3.81. The van der Waals surface area contributed by atoms with Gasteiger partial charge in [0.05, 0.1) is 0 Å². The van der Waals surface area contributed by atoms with Crippen LogP contribution in [0.15, 0.2) is 12.1 Å². The first-order valence-corrected chi connectivity index (χ1v) is 5.78. The summed E-state index contributed by atoms with van der Waals surface area (Å²) < 4.78 is 0. The maximum atomic E-state index is 6.10. The summed E-state index contributed by atoms with van der Waals surface area (Å²) in [6.45, 7) is 4.34. The molecule has 2 N–H and O–H groups in total. The molecule has 0 spiro atoms. The van der Waals surface area contributed by atoms with Crippen LogP contribution in [0.25, 0.3) is 0 Å². The molecule has 0 amide bonds. The lowest BCUT2D eigenvalue weighted by Crippen LogP contribution is -2.20. The lowest BCUT2D eigenvalue weighted by atomic mass is 9.93. The Kier molecular flexibility index (Phi) is 2.35. The monoisotopic (exact) mass is 193 g/mol. The number of hydrogen-bond donors (Lipinski definition) is 1. The zero-order chi connectivity index (χ0) is 9.42. The van der Waals surface area contributed by atoms with Crippen molar-refractivity contribution in [1.29, 1.82) is 0 Å². The zero-order valence-electron chi connectivity index (χ0n) is 8.13. The van der Waals surface area contributed by atoms with Crippen molar-refractivity contribution in [3.63, 3.8) is 0 Å². The highest BCUT2D eigenvalue weighted by Gasteiger charge is 2.20. The van der Waals surface area contributed by atoms with Crippen LogP contribution in [0.4, 0.5) is 0 Å². The molecule has 2 heteroatoms. The Labute approximate surface area is 83.7 Å². The van der Waals surface area contributed by atoms with Crippen molar-refractivity contribution in [2.75, 3.05) is 5.75 Å². The van der Waals surface area contributed by atoms with E-state index in [-0.39, 0.29) is 6.04 Å². The van der Waals surface area contributed by atoms with E-state index in [9.17, 15) is 0 Å². The van der Waals surface area contributed by atoms with Gasteiger partial charge < -0.3 is 5.73 Å². The predicted octanol–water partition coefficient (Wildman–Crippen LogP) is 2.55. The summed E-state index contributed by atoms with van der Waals surface area (Å²) in [4.78, 5) is 0. The van der Waals surface area contributed by atoms with E-state index in [1.807, 2.05) is 11.8 Å².